The van der Waals surface area contributed by atoms with Crippen LogP contribution in [0.15, 0.2) is 48.7 Å². The van der Waals surface area contributed by atoms with Crippen LogP contribution in [0.5, 0.6) is 11.5 Å². The summed E-state index contributed by atoms with van der Waals surface area (Å²) >= 11 is 0. The van der Waals surface area contributed by atoms with E-state index in [4.69, 9.17) is 4.74 Å². The maximum Gasteiger partial charge on any atom is 0.416 e. The maximum absolute atomic E-state index is 14.8. The largest absolute Gasteiger partial charge is 0.454 e. The van der Waals surface area contributed by atoms with Gasteiger partial charge in [-0.2, -0.15) is 13.2 Å². The third kappa shape index (κ3) is 7.48. The SMILES string of the molecule is CN1CCN(c2cc(C(F)(F)F)cc(NC(=O)Nc3ccc(Oc4ccnc(CC(=O)C5CC5)c4)c(F)c3)n2)CC1. The third-order valence-corrected chi connectivity index (χ3v) is 6.80. The lowest BCUT2D eigenvalue weighted by molar-refractivity contribution is -0.137. The number of carbonyl (C=O) groups excluding carboxylic acids is 2. The number of alkyl halides is 3. The van der Waals surface area contributed by atoms with Crippen LogP contribution in [0.25, 0.3) is 0 Å². The molecule has 2 fully saturated rings. The Balaban J connectivity index is 1.24. The Morgan fingerprint density at radius 3 is 2.46 bits per heavy atom. The monoisotopic (exact) mass is 572 g/mol. The van der Waals surface area contributed by atoms with Crippen molar-refractivity contribution in [2.45, 2.75) is 25.4 Å². The molecular weight excluding hydrogens is 544 g/mol. The van der Waals surface area contributed by atoms with Crippen molar-refractivity contribution in [3.05, 3.63) is 65.7 Å². The van der Waals surface area contributed by atoms with E-state index >= 15 is 0 Å². The van der Waals surface area contributed by atoms with Gasteiger partial charge in [0, 0.05) is 62.5 Å². The highest BCUT2D eigenvalue weighted by atomic mass is 19.4. The molecule has 0 unspecified atom stereocenters. The summed E-state index contributed by atoms with van der Waals surface area (Å²) < 4.78 is 61.1. The number of piperazine rings is 1. The Hall–Kier alpha value is -4.26. The van der Waals surface area contributed by atoms with Crippen LogP contribution >= 0.6 is 0 Å². The molecule has 1 aliphatic carbocycles. The van der Waals surface area contributed by atoms with Crippen molar-refractivity contribution in [1.29, 1.82) is 0 Å². The Labute approximate surface area is 233 Å². The summed E-state index contributed by atoms with van der Waals surface area (Å²) in [4.78, 5) is 36.8. The van der Waals surface area contributed by atoms with Gasteiger partial charge in [0.2, 0.25) is 0 Å². The Morgan fingerprint density at radius 1 is 1.02 bits per heavy atom. The van der Waals surface area contributed by atoms with Gasteiger partial charge in [-0.25, -0.2) is 14.2 Å². The van der Waals surface area contributed by atoms with Gasteiger partial charge in [0.15, 0.2) is 11.6 Å². The van der Waals surface area contributed by atoms with E-state index in [1.165, 1.54) is 24.4 Å². The molecular formula is C28H28F4N6O3. The number of Topliss-reactive ketones (excluding diaryl/α,β-unsaturated/α-hetero) is 1. The summed E-state index contributed by atoms with van der Waals surface area (Å²) in [6, 6.07) is 7.61. The van der Waals surface area contributed by atoms with E-state index in [-0.39, 0.29) is 41.2 Å². The van der Waals surface area contributed by atoms with Gasteiger partial charge in [-0.1, -0.05) is 0 Å². The number of anilines is 3. The van der Waals surface area contributed by atoms with Crippen LogP contribution in [-0.4, -0.2) is 59.9 Å². The van der Waals surface area contributed by atoms with Gasteiger partial charge >= 0.3 is 12.2 Å². The Kier molecular flexibility index (Phi) is 8.06. The van der Waals surface area contributed by atoms with E-state index in [0.717, 1.165) is 31.0 Å². The summed E-state index contributed by atoms with van der Waals surface area (Å²) in [5.41, 5.74) is -0.377. The van der Waals surface area contributed by atoms with Crippen molar-refractivity contribution < 1.29 is 31.9 Å². The van der Waals surface area contributed by atoms with Crippen molar-refractivity contribution in [3.8, 4) is 11.5 Å². The maximum atomic E-state index is 14.8. The first kappa shape index (κ1) is 28.3. The Bertz CT molecular complexity index is 1440. The molecule has 2 aromatic heterocycles. The highest BCUT2D eigenvalue weighted by molar-refractivity contribution is 5.99. The molecule has 1 saturated heterocycles. The zero-order valence-corrected chi connectivity index (χ0v) is 22.2. The van der Waals surface area contributed by atoms with Gasteiger partial charge in [0.05, 0.1) is 11.3 Å². The second-order valence-corrected chi connectivity index (χ2v) is 10.1. The van der Waals surface area contributed by atoms with Gasteiger partial charge in [0.25, 0.3) is 0 Å². The number of ketones is 1. The van der Waals surface area contributed by atoms with Gasteiger partial charge < -0.3 is 19.9 Å². The standard InChI is InChI=1S/C28H28F4N6O3/c1-37-8-10-38(11-9-37)26-13-18(28(30,31)32)12-25(35-26)36-27(40)34-19-4-5-24(22(29)15-19)41-21-6-7-33-20(14-21)16-23(39)17-2-3-17/h4-7,12-15,17H,2-3,8-11,16H2,1H3,(H2,34,35,36,40). The lowest BCUT2D eigenvalue weighted by Gasteiger charge is -2.33. The molecule has 5 rings (SSSR count). The van der Waals surface area contributed by atoms with Crippen molar-refractivity contribution in [1.82, 2.24) is 14.9 Å². The van der Waals surface area contributed by atoms with Crippen LogP contribution in [0.3, 0.4) is 0 Å². The summed E-state index contributed by atoms with van der Waals surface area (Å²) in [5.74, 6) is -0.595. The van der Waals surface area contributed by atoms with E-state index in [1.807, 2.05) is 7.05 Å². The van der Waals surface area contributed by atoms with Crippen molar-refractivity contribution in [2.24, 2.45) is 5.92 Å². The van der Waals surface area contributed by atoms with Crippen LogP contribution in [-0.2, 0) is 17.4 Å². The number of halogens is 4. The molecule has 9 nitrogen and oxygen atoms in total. The number of urea groups is 1. The quantitative estimate of drug-likeness (QED) is 0.352. The van der Waals surface area contributed by atoms with E-state index in [0.29, 0.717) is 37.6 Å². The average Bonchev–Trinajstić information content (AvgIpc) is 3.76. The lowest BCUT2D eigenvalue weighted by atomic mass is 10.1. The van der Waals surface area contributed by atoms with Crippen LogP contribution in [0.2, 0.25) is 0 Å². The number of amides is 2. The number of hydrogen-bond acceptors (Lipinski definition) is 7. The number of nitrogens with zero attached hydrogens (tertiary/aromatic N) is 4. The zero-order chi connectivity index (χ0) is 29.1. The number of carbonyl (C=O) groups is 2. The van der Waals surface area contributed by atoms with Crippen molar-refractivity contribution in [2.75, 3.05) is 48.8 Å². The number of pyridine rings is 2. The van der Waals surface area contributed by atoms with Crippen LogP contribution in [0, 0.1) is 11.7 Å². The number of benzene rings is 1. The molecule has 3 heterocycles. The molecule has 3 aromatic rings. The second-order valence-electron chi connectivity index (χ2n) is 10.1. The number of hydrogen-bond donors (Lipinski definition) is 2. The van der Waals surface area contributed by atoms with Crippen molar-refractivity contribution >= 4 is 29.1 Å². The highest BCUT2D eigenvalue weighted by Gasteiger charge is 2.33. The van der Waals surface area contributed by atoms with Gasteiger partial charge in [0.1, 0.15) is 23.2 Å². The normalized spacial score (nSPS) is 15.9. The zero-order valence-electron chi connectivity index (χ0n) is 22.2. The molecule has 2 N–H and O–H groups in total. The fourth-order valence-corrected chi connectivity index (χ4v) is 4.35. The molecule has 1 aliphatic heterocycles. The summed E-state index contributed by atoms with van der Waals surface area (Å²) in [6.07, 6.45) is -1.20. The third-order valence-electron chi connectivity index (χ3n) is 6.80. The van der Waals surface area contributed by atoms with E-state index in [1.54, 1.807) is 11.0 Å². The first-order valence-corrected chi connectivity index (χ1v) is 13.1. The van der Waals surface area contributed by atoms with Crippen LogP contribution in [0.1, 0.15) is 24.1 Å². The van der Waals surface area contributed by atoms with Crippen LogP contribution in [0.4, 0.5) is 39.7 Å². The molecule has 13 heteroatoms. The molecule has 1 aromatic carbocycles. The molecule has 2 aliphatic rings. The second kappa shape index (κ2) is 11.7. The molecule has 2 amide bonds. The Morgan fingerprint density at radius 2 is 1.78 bits per heavy atom. The van der Waals surface area contributed by atoms with E-state index < -0.39 is 23.6 Å². The predicted octanol–water partition coefficient (Wildman–Crippen LogP) is 5.34. The first-order chi connectivity index (χ1) is 19.5. The highest BCUT2D eigenvalue weighted by Crippen LogP contribution is 2.34. The number of rotatable bonds is 8. The number of ether oxygens (including phenoxy) is 1. The number of nitrogens with one attached hydrogen (secondary N) is 2. The molecule has 216 valence electrons. The molecule has 41 heavy (non-hydrogen) atoms. The summed E-state index contributed by atoms with van der Waals surface area (Å²) in [7, 11) is 1.92. The first-order valence-electron chi connectivity index (χ1n) is 13.1. The number of likely N-dealkylation sites (N-methyl/N-ethyl adjacent to an activating group) is 1. The predicted molar refractivity (Wildman–Crippen MR) is 144 cm³/mol. The fourth-order valence-electron chi connectivity index (χ4n) is 4.35. The molecule has 0 radical (unpaired) electrons. The fraction of sp³-hybridized carbons (Fsp3) is 0.357. The molecule has 0 atom stereocenters. The lowest BCUT2D eigenvalue weighted by Crippen LogP contribution is -2.45. The smallest absolute Gasteiger partial charge is 0.416 e. The van der Waals surface area contributed by atoms with Crippen LogP contribution < -0.4 is 20.3 Å². The summed E-state index contributed by atoms with van der Waals surface area (Å²) in [6.45, 7) is 2.30. The minimum atomic E-state index is -4.64. The van der Waals surface area contributed by atoms with Gasteiger partial charge in [-0.15, -0.1) is 0 Å². The van der Waals surface area contributed by atoms with E-state index in [2.05, 4.69) is 25.5 Å². The molecule has 0 spiro atoms. The average molecular weight is 573 g/mol. The summed E-state index contributed by atoms with van der Waals surface area (Å²) in [5, 5.41) is 4.71. The van der Waals surface area contributed by atoms with Crippen molar-refractivity contribution in [3.63, 3.8) is 0 Å². The van der Waals surface area contributed by atoms with Gasteiger partial charge in [-0.3, -0.25) is 15.1 Å². The topological polar surface area (TPSA) is 99.7 Å². The minimum Gasteiger partial charge on any atom is -0.454 e. The molecule has 0 bridgehead atoms. The van der Waals surface area contributed by atoms with E-state index in [9.17, 15) is 27.2 Å². The molecule has 1 saturated carbocycles. The minimum absolute atomic E-state index is 0.0454. The van der Waals surface area contributed by atoms with Gasteiger partial charge in [-0.05, 0) is 50.2 Å². The number of aromatic nitrogens is 2.